The van der Waals surface area contributed by atoms with Crippen molar-refractivity contribution in [2.24, 2.45) is 0 Å². The van der Waals surface area contributed by atoms with Crippen molar-refractivity contribution in [1.82, 2.24) is 0 Å². The van der Waals surface area contributed by atoms with Crippen molar-refractivity contribution in [2.45, 2.75) is 11.7 Å². The highest BCUT2D eigenvalue weighted by molar-refractivity contribution is 5.87. The van der Waals surface area contributed by atoms with E-state index in [0.717, 1.165) is 0 Å². The molecule has 4 rings (SSSR count). The summed E-state index contributed by atoms with van der Waals surface area (Å²) in [6.45, 7) is 0.0939. The van der Waals surface area contributed by atoms with Crippen LogP contribution in [-0.2, 0) is 34.4 Å². The standard InChI is InChI=1S/C23H20O8/c1-27-18-9-7-17(8-10-18)23(26,16-5-3-2-4-6-16)22(25)30-21(19-11-12-29-31-19)15-13-20(24)28-14-15/h2-11,13,21,26H,12,14H2,1H3. The Morgan fingerprint density at radius 3 is 2.39 bits per heavy atom. The molecular weight excluding hydrogens is 404 g/mol. The van der Waals surface area contributed by atoms with E-state index in [1.165, 1.54) is 13.2 Å². The first-order chi connectivity index (χ1) is 15.0. The summed E-state index contributed by atoms with van der Waals surface area (Å²) in [6.07, 6.45) is 1.72. The molecule has 2 heterocycles. The maximum absolute atomic E-state index is 13.4. The molecule has 0 amide bonds. The van der Waals surface area contributed by atoms with Gasteiger partial charge in [-0.1, -0.05) is 42.5 Å². The fourth-order valence-corrected chi connectivity index (χ4v) is 3.37. The lowest BCUT2D eigenvalue weighted by Gasteiger charge is -2.29. The molecular formula is C23H20O8. The summed E-state index contributed by atoms with van der Waals surface area (Å²) < 4.78 is 15.8. The van der Waals surface area contributed by atoms with Crippen LogP contribution in [0.1, 0.15) is 11.1 Å². The van der Waals surface area contributed by atoms with Gasteiger partial charge in [0.15, 0.2) is 11.9 Å². The Morgan fingerprint density at radius 2 is 1.81 bits per heavy atom. The molecule has 2 unspecified atom stereocenters. The Balaban J connectivity index is 1.72. The third-order valence-electron chi connectivity index (χ3n) is 5.01. The summed E-state index contributed by atoms with van der Waals surface area (Å²) in [5.41, 5.74) is -1.15. The maximum atomic E-state index is 13.4. The van der Waals surface area contributed by atoms with Gasteiger partial charge in [0.1, 0.15) is 19.0 Å². The predicted octanol–water partition coefficient (Wildman–Crippen LogP) is 2.17. The molecule has 31 heavy (non-hydrogen) atoms. The Labute approximate surface area is 178 Å². The van der Waals surface area contributed by atoms with Crippen LogP contribution < -0.4 is 4.74 Å². The second-order valence-corrected chi connectivity index (χ2v) is 6.89. The lowest BCUT2D eigenvalue weighted by atomic mass is 9.86. The SMILES string of the molecule is COc1ccc(C(O)(C(=O)OC(C2=CC(=O)OC2)C2=CCOO2)c2ccccc2)cc1. The first-order valence-electron chi connectivity index (χ1n) is 9.52. The maximum Gasteiger partial charge on any atom is 0.348 e. The third-order valence-corrected chi connectivity index (χ3v) is 5.01. The predicted molar refractivity (Wildman–Crippen MR) is 106 cm³/mol. The van der Waals surface area contributed by atoms with E-state index in [2.05, 4.69) is 0 Å². The van der Waals surface area contributed by atoms with Crippen molar-refractivity contribution < 1.29 is 38.7 Å². The number of cyclic esters (lactones) is 1. The lowest BCUT2D eigenvalue weighted by molar-refractivity contribution is -0.243. The number of carbonyl (C=O) groups is 2. The van der Waals surface area contributed by atoms with Crippen molar-refractivity contribution in [2.75, 3.05) is 20.3 Å². The van der Waals surface area contributed by atoms with Crippen molar-refractivity contribution in [3.05, 3.63) is 89.2 Å². The van der Waals surface area contributed by atoms with Gasteiger partial charge < -0.3 is 24.2 Å². The summed E-state index contributed by atoms with van der Waals surface area (Å²) >= 11 is 0. The molecule has 2 aromatic rings. The van der Waals surface area contributed by atoms with Crippen LogP contribution in [0.2, 0.25) is 0 Å². The topological polar surface area (TPSA) is 101 Å². The first kappa shape index (κ1) is 20.6. The molecule has 2 aliphatic rings. The van der Waals surface area contributed by atoms with Gasteiger partial charge >= 0.3 is 11.9 Å². The van der Waals surface area contributed by atoms with E-state index in [9.17, 15) is 14.7 Å². The highest BCUT2D eigenvalue weighted by atomic mass is 17.2. The van der Waals surface area contributed by atoms with Crippen LogP contribution >= 0.6 is 0 Å². The van der Waals surface area contributed by atoms with Crippen molar-refractivity contribution in [3.8, 4) is 5.75 Å². The summed E-state index contributed by atoms with van der Waals surface area (Å²) in [4.78, 5) is 35.0. The van der Waals surface area contributed by atoms with Gasteiger partial charge in [-0.3, -0.25) is 0 Å². The minimum Gasteiger partial charge on any atom is -0.497 e. The van der Waals surface area contributed by atoms with E-state index in [-0.39, 0.29) is 24.5 Å². The molecule has 160 valence electrons. The van der Waals surface area contributed by atoms with Gasteiger partial charge in [0.25, 0.3) is 0 Å². The molecule has 2 aliphatic heterocycles. The van der Waals surface area contributed by atoms with E-state index in [1.54, 1.807) is 60.7 Å². The molecule has 0 aliphatic carbocycles. The van der Waals surface area contributed by atoms with Gasteiger partial charge in [-0.25, -0.2) is 9.59 Å². The van der Waals surface area contributed by atoms with Crippen molar-refractivity contribution in [1.29, 1.82) is 0 Å². The summed E-state index contributed by atoms with van der Waals surface area (Å²) in [5, 5.41) is 11.6. The van der Waals surface area contributed by atoms with Crippen LogP contribution in [-0.4, -0.2) is 43.5 Å². The average Bonchev–Trinajstić information content (AvgIpc) is 3.49. The zero-order chi connectivity index (χ0) is 21.8. The smallest absolute Gasteiger partial charge is 0.348 e. The zero-order valence-electron chi connectivity index (χ0n) is 16.6. The van der Waals surface area contributed by atoms with E-state index in [4.69, 9.17) is 24.0 Å². The van der Waals surface area contributed by atoms with Crippen LogP contribution in [0.5, 0.6) is 5.75 Å². The molecule has 0 bridgehead atoms. The van der Waals surface area contributed by atoms with E-state index in [0.29, 0.717) is 16.9 Å². The van der Waals surface area contributed by atoms with Gasteiger partial charge in [-0.15, -0.1) is 0 Å². The highest BCUT2D eigenvalue weighted by Crippen LogP contribution is 2.34. The molecule has 0 saturated carbocycles. The highest BCUT2D eigenvalue weighted by Gasteiger charge is 2.44. The second kappa shape index (κ2) is 8.63. The van der Waals surface area contributed by atoms with Crippen LogP contribution in [0, 0.1) is 0 Å². The molecule has 2 atom stereocenters. The van der Waals surface area contributed by atoms with Gasteiger partial charge in [0, 0.05) is 11.6 Å². The van der Waals surface area contributed by atoms with E-state index < -0.39 is 23.6 Å². The van der Waals surface area contributed by atoms with E-state index >= 15 is 0 Å². The normalized spacial score (nSPS) is 18.2. The number of esters is 2. The molecule has 8 nitrogen and oxygen atoms in total. The van der Waals surface area contributed by atoms with Crippen LogP contribution in [0.4, 0.5) is 0 Å². The fourth-order valence-electron chi connectivity index (χ4n) is 3.37. The summed E-state index contributed by atoms with van der Waals surface area (Å²) in [5.74, 6) is -0.739. The Hall–Kier alpha value is -3.62. The van der Waals surface area contributed by atoms with Gasteiger partial charge in [0.05, 0.1) is 7.11 Å². The van der Waals surface area contributed by atoms with Crippen LogP contribution in [0.3, 0.4) is 0 Å². The van der Waals surface area contributed by atoms with Gasteiger partial charge in [-0.05, 0) is 29.3 Å². The molecule has 2 aromatic carbocycles. The number of rotatable bonds is 7. The molecule has 0 radical (unpaired) electrons. The number of benzene rings is 2. The second-order valence-electron chi connectivity index (χ2n) is 6.89. The zero-order valence-corrected chi connectivity index (χ0v) is 16.6. The van der Waals surface area contributed by atoms with Crippen LogP contribution in [0.15, 0.2) is 78.1 Å². The monoisotopic (exact) mass is 424 g/mol. The first-order valence-corrected chi connectivity index (χ1v) is 9.52. The van der Waals surface area contributed by atoms with Crippen molar-refractivity contribution in [3.63, 3.8) is 0 Å². The number of hydrogen-bond acceptors (Lipinski definition) is 8. The largest absolute Gasteiger partial charge is 0.497 e. The quantitative estimate of drug-likeness (QED) is 0.533. The lowest BCUT2D eigenvalue weighted by Crippen LogP contribution is -2.41. The van der Waals surface area contributed by atoms with Gasteiger partial charge in [-0.2, -0.15) is 4.89 Å². The molecule has 8 heteroatoms. The number of ether oxygens (including phenoxy) is 3. The molecule has 0 spiro atoms. The average molecular weight is 424 g/mol. The Bertz CT molecular complexity index is 1030. The Morgan fingerprint density at radius 1 is 1.10 bits per heavy atom. The van der Waals surface area contributed by atoms with Crippen LogP contribution in [0.25, 0.3) is 0 Å². The minimum absolute atomic E-state index is 0.0657. The van der Waals surface area contributed by atoms with E-state index in [1.807, 2.05) is 0 Å². The molecule has 0 fully saturated rings. The molecule has 0 aromatic heterocycles. The molecule has 1 N–H and O–H groups in total. The number of aliphatic hydroxyl groups is 1. The third kappa shape index (κ3) is 4.03. The summed E-state index contributed by atoms with van der Waals surface area (Å²) in [7, 11) is 1.52. The fraction of sp³-hybridized carbons (Fsp3) is 0.217. The molecule has 0 saturated heterocycles. The summed E-state index contributed by atoms with van der Waals surface area (Å²) in [6, 6.07) is 14.9. The minimum atomic E-state index is -2.13. The Kier molecular flexibility index (Phi) is 5.75. The van der Waals surface area contributed by atoms with Crippen molar-refractivity contribution >= 4 is 11.9 Å². The number of hydrogen-bond donors (Lipinski definition) is 1. The van der Waals surface area contributed by atoms with Gasteiger partial charge in [0.2, 0.25) is 5.60 Å². The number of methoxy groups -OCH3 is 1. The number of carbonyl (C=O) groups excluding carboxylic acids is 2.